The van der Waals surface area contributed by atoms with Gasteiger partial charge < -0.3 is 4.74 Å². The normalized spacial score (nSPS) is 11.2. The summed E-state index contributed by atoms with van der Waals surface area (Å²) in [7, 11) is 1.55. The van der Waals surface area contributed by atoms with Gasteiger partial charge in [0.1, 0.15) is 17.3 Å². The van der Waals surface area contributed by atoms with Crippen LogP contribution in [0.1, 0.15) is 5.56 Å². The number of benzene rings is 2. The van der Waals surface area contributed by atoms with Crippen molar-refractivity contribution in [1.82, 2.24) is 0 Å². The van der Waals surface area contributed by atoms with Gasteiger partial charge in [0.2, 0.25) is 0 Å². The van der Waals surface area contributed by atoms with Crippen molar-refractivity contribution in [2.75, 3.05) is 0 Å². The molecule has 0 fully saturated rings. The van der Waals surface area contributed by atoms with Gasteiger partial charge in [-0.1, -0.05) is 42.5 Å². The maximum atomic E-state index is 11.4. The van der Waals surface area contributed by atoms with Crippen molar-refractivity contribution < 1.29 is 13.2 Å². The first-order chi connectivity index (χ1) is 8.57. The predicted octanol–water partition coefficient (Wildman–Crippen LogP) is 3.19. The van der Waals surface area contributed by atoms with Gasteiger partial charge in [-0.3, -0.25) is 0 Å². The first-order valence-corrected chi connectivity index (χ1v) is 7.59. The van der Waals surface area contributed by atoms with Crippen LogP contribution in [-0.2, 0) is 15.7 Å². The van der Waals surface area contributed by atoms with Crippen LogP contribution in [-0.4, -0.2) is 8.42 Å². The molecule has 0 bridgehead atoms. The molecule has 0 unspecified atom stereocenters. The van der Waals surface area contributed by atoms with E-state index in [0.29, 0.717) is 6.61 Å². The highest BCUT2D eigenvalue weighted by Crippen LogP contribution is 2.27. The molecule has 2 rings (SSSR count). The Bertz CT molecular complexity index is 624. The van der Waals surface area contributed by atoms with Crippen LogP contribution >= 0.6 is 10.7 Å². The van der Waals surface area contributed by atoms with Crippen LogP contribution in [0, 0.1) is 0 Å². The van der Waals surface area contributed by atoms with Gasteiger partial charge in [0.15, 0.2) is 0 Å². The van der Waals surface area contributed by atoms with E-state index in [9.17, 15) is 8.42 Å². The molecule has 0 aliphatic carbocycles. The van der Waals surface area contributed by atoms with Gasteiger partial charge in [-0.15, -0.1) is 0 Å². The molecular formula is C13H11ClO3S. The van der Waals surface area contributed by atoms with Crippen LogP contribution in [0.2, 0.25) is 0 Å². The Hall–Kier alpha value is -1.52. The summed E-state index contributed by atoms with van der Waals surface area (Å²) in [5, 5.41) is 0. The molecule has 0 spiro atoms. The van der Waals surface area contributed by atoms with Crippen LogP contribution in [0.3, 0.4) is 0 Å². The minimum absolute atomic E-state index is 0.0115. The quantitative estimate of drug-likeness (QED) is 0.809. The zero-order chi connectivity index (χ0) is 13.0. The average molecular weight is 283 g/mol. The van der Waals surface area contributed by atoms with Gasteiger partial charge >= 0.3 is 0 Å². The fraction of sp³-hybridized carbons (Fsp3) is 0.0769. The van der Waals surface area contributed by atoms with Crippen molar-refractivity contribution >= 4 is 19.7 Å². The van der Waals surface area contributed by atoms with E-state index in [0.717, 1.165) is 5.56 Å². The zero-order valence-corrected chi connectivity index (χ0v) is 11.0. The first kappa shape index (κ1) is 12.9. The maximum absolute atomic E-state index is 11.4. The summed E-state index contributed by atoms with van der Waals surface area (Å²) in [4.78, 5) is -0.0115. The van der Waals surface area contributed by atoms with Crippen LogP contribution in [0.5, 0.6) is 5.75 Å². The number of hydrogen-bond acceptors (Lipinski definition) is 3. The van der Waals surface area contributed by atoms with Crippen LogP contribution < -0.4 is 4.74 Å². The van der Waals surface area contributed by atoms with Gasteiger partial charge in [0, 0.05) is 10.7 Å². The smallest absolute Gasteiger partial charge is 0.264 e. The molecule has 94 valence electrons. The Morgan fingerprint density at radius 1 is 0.944 bits per heavy atom. The third-order valence-corrected chi connectivity index (χ3v) is 3.71. The number of para-hydroxylation sites is 1. The zero-order valence-electron chi connectivity index (χ0n) is 9.41. The Balaban J connectivity index is 2.20. The van der Waals surface area contributed by atoms with Crippen molar-refractivity contribution in [3.05, 3.63) is 60.2 Å². The lowest BCUT2D eigenvalue weighted by molar-refractivity contribution is 0.298. The molecular weight excluding hydrogens is 272 g/mol. The van der Waals surface area contributed by atoms with Crippen molar-refractivity contribution in [1.29, 1.82) is 0 Å². The van der Waals surface area contributed by atoms with Crippen LogP contribution in [0.4, 0.5) is 0 Å². The van der Waals surface area contributed by atoms with E-state index >= 15 is 0 Å². The second-order valence-electron chi connectivity index (χ2n) is 3.66. The molecule has 0 heterocycles. The predicted molar refractivity (Wildman–Crippen MR) is 70.3 cm³/mol. The Labute approximate surface area is 110 Å². The van der Waals surface area contributed by atoms with E-state index in [1.54, 1.807) is 18.2 Å². The third kappa shape index (κ3) is 3.24. The van der Waals surface area contributed by atoms with Gasteiger partial charge in [-0.25, -0.2) is 8.42 Å². The van der Waals surface area contributed by atoms with Gasteiger partial charge in [0.25, 0.3) is 9.05 Å². The Kier molecular flexibility index (Phi) is 3.89. The topological polar surface area (TPSA) is 43.4 Å². The lowest BCUT2D eigenvalue weighted by Crippen LogP contribution is -2.00. The molecule has 0 amide bonds. The molecule has 2 aromatic rings. The molecule has 0 saturated heterocycles. The van der Waals surface area contributed by atoms with E-state index in [1.165, 1.54) is 6.07 Å². The molecule has 0 aliphatic heterocycles. The van der Waals surface area contributed by atoms with Crippen LogP contribution in [0.25, 0.3) is 0 Å². The third-order valence-electron chi connectivity index (χ3n) is 2.35. The summed E-state index contributed by atoms with van der Waals surface area (Å²) in [5.74, 6) is 0.261. The summed E-state index contributed by atoms with van der Waals surface area (Å²) >= 11 is 0. The molecule has 5 heteroatoms. The minimum Gasteiger partial charge on any atom is -0.487 e. The number of rotatable bonds is 4. The molecule has 0 aliphatic rings. The Morgan fingerprint density at radius 2 is 1.56 bits per heavy atom. The Morgan fingerprint density at radius 3 is 2.22 bits per heavy atom. The highest BCUT2D eigenvalue weighted by molar-refractivity contribution is 8.13. The number of halogens is 1. The fourth-order valence-electron chi connectivity index (χ4n) is 1.51. The maximum Gasteiger partial charge on any atom is 0.264 e. The van der Waals surface area contributed by atoms with Crippen molar-refractivity contribution in [2.45, 2.75) is 11.5 Å². The van der Waals surface area contributed by atoms with E-state index in [2.05, 4.69) is 0 Å². The lowest BCUT2D eigenvalue weighted by atomic mass is 10.2. The number of ether oxygens (including phenoxy) is 1. The highest BCUT2D eigenvalue weighted by Gasteiger charge is 2.15. The monoisotopic (exact) mass is 282 g/mol. The summed E-state index contributed by atoms with van der Waals surface area (Å²) in [6.45, 7) is 0.296. The standard InChI is InChI=1S/C13H11ClO3S/c14-18(15,16)13-9-5-4-8-12(13)17-10-11-6-2-1-3-7-11/h1-9H,10H2. The number of hydrogen-bond donors (Lipinski definition) is 0. The molecule has 2 aromatic carbocycles. The summed E-state index contributed by atoms with van der Waals surface area (Å²) < 4.78 is 28.2. The SMILES string of the molecule is O=S(=O)(Cl)c1ccccc1OCc1ccccc1. The van der Waals surface area contributed by atoms with Crippen molar-refractivity contribution in [3.8, 4) is 5.75 Å². The fourth-order valence-corrected chi connectivity index (χ4v) is 2.50. The van der Waals surface area contributed by atoms with Gasteiger partial charge in [-0.2, -0.15) is 0 Å². The van der Waals surface area contributed by atoms with Crippen molar-refractivity contribution in [2.24, 2.45) is 0 Å². The molecule has 0 N–H and O–H groups in total. The van der Waals surface area contributed by atoms with E-state index in [4.69, 9.17) is 15.4 Å². The molecule has 0 atom stereocenters. The lowest BCUT2D eigenvalue weighted by Gasteiger charge is -2.09. The molecule has 0 aromatic heterocycles. The van der Waals surface area contributed by atoms with E-state index < -0.39 is 9.05 Å². The average Bonchev–Trinajstić information content (AvgIpc) is 2.37. The van der Waals surface area contributed by atoms with Gasteiger partial charge in [0.05, 0.1) is 0 Å². The molecule has 18 heavy (non-hydrogen) atoms. The van der Waals surface area contributed by atoms with Gasteiger partial charge in [-0.05, 0) is 17.7 Å². The second-order valence-corrected chi connectivity index (χ2v) is 6.19. The first-order valence-electron chi connectivity index (χ1n) is 5.28. The highest BCUT2D eigenvalue weighted by atomic mass is 35.7. The molecule has 3 nitrogen and oxygen atoms in total. The molecule has 0 saturated carbocycles. The summed E-state index contributed by atoms with van der Waals surface area (Å²) in [6, 6.07) is 15.8. The summed E-state index contributed by atoms with van der Waals surface area (Å²) in [5.41, 5.74) is 0.958. The second kappa shape index (κ2) is 5.42. The summed E-state index contributed by atoms with van der Waals surface area (Å²) in [6.07, 6.45) is 0. The van der Waals surface area contributed by atoms with E-state index in [1.807, 2.05) is 30.3 Å². The van der Waals surface area contributed by atoms with Crippen molar-refractivity contribution in [3.63, 3.8) is 0 Å². The van der Waals surface area contributed by atoms with Crippen LogP contribution in [0.15, 0.2) is 59.5 Å². The largest absolute Gasteiger partial charge is 0.487 e. The molecule has 0 radical (unpaired) electrons. The van der Waals surface area contributed by atoms with E-state index in [-0.39, 0.29) is 10.6 Å². The minimum atomic E-state index is -3.79.